The van der Waals surface area contributed by atoms with E-state index < -0.39 is 5.97 Å². The van der Waals surface area contributed by atoms with E-state index in [0.29, 0.717) is 34.5 Å². The van der Waals surface area contributed by atoms with Gasteiger partial charge in [-0.15, -0.1) is 0 Å². The molecule has 0 saturated carbocycles. The van der Waals surface area contributed by atoms with Crippen molar-refractivity contribution in [3.63, 3.8) is 0 Å². The van der Waals surface area contributed by atoms with Crippen LogP contribution in [0.1, 0.15) is 35.9 Å². The molecule has 0 fully saturated rings. The number of fused-ring (bicyclic) bond motifs is 1. The first kappa shape index (κ1) is 19.6. The SMILES string of the molecule is CCCCN(C)C(=O)COC(=O)c1cc(-c2ccc(C)o2)nc2ccccc12. The summed E-state index contributed by atoms with van der Waals surface area (Å²) in [6.45, 7) is 4.27. The lowest BCUT2D eigenvalue weighted by atomic mass is 10.1. The highest BCUT2D eigenvalue weighted by atomic mass is 16.5. The summed E-state index contributed by atoms with van der Waals surface area (Å²) >= 11 is 0. The van der Waals surface area contributed by atoms with Crippen LogP contribution < -0.4 is 0 Å². The van der Waals surface area contributed by atoms with Crippen LogP contribution in [0.2, 0.25) is 0 Å². The summed E-state index contributed by atoms with van der Waals surface area (Å²) in [4.78, 5) is 31.1. The van der Waals surface area contributed by atoms with Crippen molar-refractivity contribution in [2.24, 2.45) is 0 Å². The summed E-state index contributed by atoms with van der Waals surface area (Å²) in [6, 6.07) is 12.6. The highest BCUT2D eigenvalue weighted by molar-refractivity contribution is 6.05. The van der Waals surface area contributed by atoms with Crippen LogP contribution in [0.5, 0.6) is 0 Å². The zero-order valence-corrected chi connectivity index (χ0v) is 16.4. The smallest absolute Gasteiger partial charge is 0.339 e. The number of likely N-dealkylation sites (N-methyl/N-ethyl adjacent to an activating group) is 1. The number of hydrogen-bond acceptors (Lipinski definition) is 5. The molecule has 0 unspecified atom stereocenters. The maximum absolute atomic E-state index is 12.7. The number of aryl methyl sites for hydroxylation is 1. The summed E-state index contributed by atoms with van der Waals surface area (Å²) in [7, 11) is 1.71. The lowest BCUT2D eigenvalue weighted by molar-refractivity contribution is -0.133. The summed E-state index contributed by atoms with van der Waals surface area (Å²) in [5.41, 5.74) is 1.57. The van der Waals surface area contributed by atoms with Crippen LogP contribution in [-0.2, 0) is 9.53 Å². The summed E-state index contributed by atoms with van der Waals surface area (Å²) < 4.78 is 11.0. The van der Waals surface area contributed by atoms with Crippen LogP contribution in [0.3, 0.4) is 0 Å². The average Bonchev–Trinajstić information content (AvgIpc) is 3.15. The van der Waals surface area contributed by atoms with Gasteiger partial charge in [0.25, 0.3) is 5.91 Å². The molecule has 0 N–H and O–H groups in total. The maximum Gasteiger partial charge on any atom is 0.339 e. The normalized spacial score (nSPS) is 10.8. The molecular weight excluding hydrogens is 356 g/mol. The van der Waals surface area contributed by atoms with E-state index in [-0.39, 0.29) is 12.5 Å². The molecule has 6 nitrogen and oxygen atoms in total. The lowest BCUT2D eigenvalue weighted by Gasteiger charge is -2.16. The fourth-order valence-corrected chi connectivity index (χ4v) is 2.88. The number of pyridine rings is 1. The number of para-hydroxylation sites is 1. The Kier molecular flexibility index (Phi) is 6.09. The number of furan rings is 1. The van der Waals surface area contributed by atoms with Crippen molar-refractivity contribution in [1.29, 1.82) is 0 Å². The van der Waals surface area contributed by atoms with Crippen molar-refractivity contribution in [3.05, 3.63) is 53.8 Å². The number of carbonyl (C=O) groups excluding carboxylic acids is 2. The third-order valence-electron chi connectivity index (χ3n) is 4.53. The van der Waals surface area contributed by atoms with Crippen molar-refractivity contribution < 1.29 is 18.7 Å². The molecule has 0 spiro atoms. The van der Waals surface area contributed by atoms with Gasteiger partial charge in [0.1, 0.15) is 11.5 Å². The van der Waals surface area contributed by atoms with E-state index in [1.165, 1.54) is 0 Å². The molecule has 0 aliphatic heterocycles. The van der Waals surface area contributed by atoms with Gasteiger partial charge in [0.05, 0.1) is 11.1 Å². The van der Waals surface area contributed by atoms with Crippen molar-refractivity contribution in [2.75, 3.05) is 20.2 Å². The van der Waals surface area contributed by atoms with E-state index in [9.17, 15) is 9.59 Å². The zero-order chi connectivity index (χ0) is 20.1. The molecule has 146 valence electrons. The van der Waals surface area contributed by atoms with Crippen LogP contribution in [0.4, 0.5) is 0 Å². The van der Waals surface area contributed by atoms with E-state index in [0.717, 1.165) is 18.6 Å². The van der Waals surface area contributed by atoms with Gasteiger partial charge in [0, 0.05) is 19.0 Å². The number of unbranched alkanes of at least 4 members (excludes halogenated alkanes) is 1. The molecule has 3 aromatic rings. The number of rotatable bonds is 7. The number of hydrogen-bond donors (Lipinski definition) is 0. The first-order valence-electron chi connectivity index (χ1n) is 9.37. The number of nitrogens with zero attached hydrogens (tertiary/aromatic N) is 2. The minimum atomic E-state index is -0.555. The van der Waals surface area contributed by atoms with E-state index in [1.807, 2.05) is 43.3 Å². The second-order valence-electron chi connectivity index (χ2n) is 6.73. The largest absolute Gasteiger partial charge is 0.460 e. The van der Waals surface area contributed by atoms with E-state index >= 15 is 0 Å². The molecule has 0 aliphatic rings. The Bertz CT molecular complexity index is 993. The monoisotopic (exact) mass is 380 g/mol. The Labute approximate surface area is 164 Å². The highest BCUT2D eigenvalue weighted by Crippen LogP contribution is 2.26. The predicted molar refractivity (Wildman–Crippen MR) is 107 cm³/mol. The summed E-state index contributed by atoms with van der Waals surface area (Å²) in [6.07, 6.45) is 1.91. The zero-order valence-electron chi connectivity index (χ0n) is 16.4. The van der Waals surface area contributed by atoms with Crippen molar-refractivity contribution in [2.45, 2.75) is 26.7 Å². The third-order valence-corrected chi connectivity index (χ3v) is 4.53. The molecular formula is C22H24N2O4. The number of aromatic nitrogens is 1. The number of amides is 1. The first-order valence-corrected chi connectivity index (χ1v) is 9.37. The predicted octanol–water partition coefficient (Wildman–Crippen LogP) is 4.22. The van der Waals surface area contributed by atoms with Crippen LogP contribution in [0.25, 0.3) is 22.4 Å². The Morgan fingerprint density at radius 3 is 2.68 bits per heavy atom. The Balaban J connectivity index is 1.84. The number of carbonyl (C=O) groups is 2. The van der Waals surface area contributed by atoms with Gasteiger partial charge < -0.3 is 14.1 Å². The van der Waals surface area contributed by atoms with Gasteiger partial charge in [-0.1, -0.05) is 31.5 Å². The molecule has 3 rings (SSSR count). The van der Waals surface area contributed by atoms with Crippen LogP contribution in [0.15, 0.2) is 46.9 Å². The Morgan fingerprint density at radius 1 is 1.18 bits per heavy atom. The number of ether oxygens (including phenoxy) is 1. The van der Waals surface area contributed by atoms with Gasteiger partial charge in [-0.25, -0.2) is 9.78 Å². The van der Waals surface area contributed by atoms with Gasteiger partial charge in [0.15, 0.2) is 12.4 Å². The van der Waals surface area contributed by atoms with E-state index in [2.05, 4.69) is 11.9 Å². The van der Waals surface area contributed by atoms with E-state index in [1.54, 1.807) is 18.0 Å². The number of esters is 1. The molecule has 2 aromatic heterocycles. The van der Waals surface area contributed by atoms with Crippen molar-refractivity contribution in [3.8, 4) is 11.5 Å². The molecule has 28 heavy (non-hydrogen) atoms. The molecule has 0 saturated heterocycles. The third kappa shape index (κ3) is 4.39. The highest BCUT2D eigenvalue weighted by Gasteiger charge is 2.18. The molecule has 1 amide bonds. The summed E-state index contributed by atoms with van der Waals surface area (Å²) in [5, 5.41) is 0.673. The van der Waals surface area contributed by atoms with Gasteiger partial charge in [-0.3, -0.25) is 4.79 Å². The van der Waals surface area contributed by atoms with Crippen molar-refractivity contribution >= 4 is 22.8 Å². The first-order chi connectivity index (χ1) is 13.5. The molecule has 0 bridgehead atoms. The summed E-state index contributed by atoms with van der Waals surface area (Å²) in [5.74, 6) is 0.560. The van der Waals surface area contributed by atoms with Gasteiger partial charge in [-0.2, -0.15) is 0 Å². The minimum absolute atomic E-state index is 0.220. The lowest BCUT2D eigenvalue weighted by Crippen LogP contribution is -2.32. The second-order valence-corrected chi connectivity index (χ2v) is 6.73. The molecule has 2 heterocycles. The minimum Gasteiger partial charge on any atom is -0.460 e. The van der Waals surface area contributed by atoms with Gasteiger partial charge in [0.2, 0.25) is 0 Å². The molecule has 1 aromatic carbocycles. The van der Waals surface area contributed by atoms with E-state index in [4.69, 9.17) is 9.15 Å². The molecule has 0 aliphatic carbocycles. The Morgan fingerprint density at radius 2 is 1.96 bits per heavy atom. The maximum atomic E-state index is 12.7. The van der Waals surface area contributed by atoms with Crippen molar-refractivity contribution in [1.82, 2.24) is 9.88 Å². The van der Waals surface area contributed by atoms with Crippen LogP contribution in [0, 0.1) is 6.92 Å². The molecule has 0 radical (unpaired) electrons. The second kappa shape index (κ2) is 8.69. The standard InChI is InChI=1S/C22H24N2O4/c1-4-5-12-24(3)21(25)14-27-22(26)17-13-19(20-11-10-15(2)28-20)23-18-9-7-6-8-16(17)18/h6-11,13H,4-5,12,14H2,1-3H3. The van der Waals surface area contributed by atoms with Crippen LogP contribution in [-0.4, -0.2) is 42.0 Å². The fourth-order valence-electron chi connectivity index (χ4n) is 2.88. The number of benzene rings is 1. The van der Waals surface area contributed by atoms with Crippen LogP contribution >= 0.6 is 0 Å². The average molecular weight is 380 g/mol. The Hall–Kier alpha value is -3.15. The van der Waals surface area contributed by atoms with Gasteiger partial charge >= 0.3 is 5.97 Å². The molecule has 0 atom stereocenters. The fraction of sp³-hybridized carbons (Fsp3) is 0.318. The molecule has 6 heteroatoms. The topological polar surface area (TPSA) is 72.6 Å². The quantitative estimate of drug-likeness (QED) is 0.574. The van der Waals surface area contributed by atoms with Gasteiger partial charge in [-0.05, 0) is 37.6 Å².